The first-order valence-corrected chi connectivity index (χ1v) is 7.71. The molecule has 0 bridgehead atoms. The van der Waals surface area contributed by atoms with Crippen molar-refractivity contribution in [1.82, 2.24) is 10.2 Å². The fourth-order valence-electron chi connectivity index (χ4n) is 2.57. The molecule has 1 aliphatic rings. The summed E-state index contributed by atoms with van der Waals surface area (Å²) in [4.78, 5) is 12.9. The van der Waals surface area contributed by atoms with Gasteiger partial charge in [-0.15, -0.1) is 0 Å². The minimum absolute atomic E-state index is 0.241. The maximum Gasteiger partial charge on any atom is 0.324 e. The van der Waals surface area contributed by atoms with Gasteiger partial charge in [0.1, 0.15) is 0 Å². The van der Waals surface area contributed by atoms with Crippen molar-refractivity contribution in [1.29, 1.82) is 0 Å². The van der Waals surface area contributed by atoms with Gasteiger partial charge in [0.15, 0.2) is 0 Å². The molecule has 2 unspecified atom stereocenters. The molecule has 106 valence electrons. The Kier molecular flexibility index (Phi) is 4.90. The summed E-state index contributed by atoms with van der Waals surface area (Å²) in [5.74, 6) is 0. The number of nitro groups is 1. The third-order valence-corrected chi connectivity index (χ3v) is 4.71. The molecule has 0 saturated carbocycles. The zero-order valence-corrected chi connectivity index (χ0v) is 12.3. The van der Waals surface area contributed by atoms with Crippen molar-refractivity contribution in [2.24, 2.45) is 0 Å². The number of thiophene rings is 1. The normalized spacial score (nSPS) is 24.5. The lowest BCUT2D eigenvalue weighted by Crippen LogP contribution is -2.55. The Morgan fingerprint density at radius 2 is 2.32 bits per heavy atom. The quantitative estimate of drug-likeness (QED) is 0.666. The highest BCUT2D eigenvalue weighted by molar-refractivity contribution is 7.13. The summed E-state index contributed by atoms with van der Waals surface area (Å²) in [6.07, 6.45) is 2.23. The van der Waals surface area contributed by atoms with Gasteiger partial charge in [-0.1, -0.05) is 25.2 Å². The molecule has 1 aromatic heterocycles. The molecular formula is C13H21N3O2S. The van der Waals surface area contributed by atoms with Crippen LogP contribution >= 0.6 is 11.3 Å². The lowest BCUT2D eigenvalue weighted by atomic mass is 10.0. The van der Waals surface area contributed by atoms with Crippen molar-refractivity contribution in [3.63, 3.8) is 0 Å². The summed E-state index contributed by atoms with van der Waals surface area (Å²) in [7, 11) is 0. The van der Waals surface area contributed by atoms with E-state index in [0.717, 1.165) is 38.0 Å². The monoisotopic (exact) mass is 283 g/mol. The van der Waals surface area contributed by atoms with Gasteiger partial charge in [0, 0.05) is 43.2 Å². The Bertz CT molecular complexity index is 435. The smallest absolute Gasteiger partial charge is 0.311 e. The van der Waals surface area contributed by atoms with Crippen molar-refractivity contribution >= 4 is 16.3 Å². The van der Waals surface area contributed by atoms with Gasteiger partial charge < -0.3 is 5.32 Å². The fourth-order valence-corrected chi connectivity index (χ4v) is 3.29. The van der Waals surface area contributed by atoms with Crippen LogP contribution in [0.4, 0.5) is 5.00 Å². The third kappa shape index (κ3) is 3.52. The first kappa shape index (κ1) is 14.4. The first-order valence-electron chi connectivity index (χ1n) is 6.83. The van der Waals surface area contributed by atoms with E-state index in [9.17, 15) is 10.1 Å². The van der Waals surface area contributed by atoms with Crippen LogP contribution in [0, 0.1) is 10.1 Å². The van der Waals surface area contributed by atoms with E-state index >= 15 is 0 Å². The van der Waals surface area contributed by atoms with Gasteiger partial charge in [-0.3, -0.25) is 15.0 Å². The Hall–Kier alpha value is -0.980. The molecule has 1 fully saturated rings. The molecule has 0 amide bonds. The van der Waals surface area contributed by atoms with Crippen LogP contribution in [-0.4, -0.2) is 35.0 Å². The highest BCUT2D eigenvalue weighted by Crippen LogP contribution is 2.25. The molecular weight excluding hydrogens is 262 g/mol. The van der Waals surface area contributed by atoms with Crippen LogP contribution in [-0.2, 0) is 6.54 Å². The number of nitrogens with one attached hydrogen (secondary N) is 1. The highest BCUT2D eigenvalue weighted by atomic mass is 32.1. The van der Waals surface area contributed by atoms with E-state index in [1.807, 2.05) is 5.38 Å². The SMILES string of the molecule is CCC1CN(Cc2csc([N+](=O)[O-])c2)C(CC)CN1. The van der Waals surface area contributed by atoms with Crippen molar-refractivity contribution < 1.29 is 4.92 Å². The molecule has 1 aliphatic heterocycles. The third-order valence-electron chi connectivity index (χ3n) is 3.78. The summed E-state index contributed by atoms with van der Waals surface area (Å²) >= 11 is 1.22. The van der Waals surface area contributed by atoms with Crippen LogP contribution in [0.2, 0.25) is 0 Å². The largest absolute Gasteiger partial charge is 0.324 e. The van der Waals surface area contributed by atoms with Gasteiger partial charge in [-0.25, -0.2) is 0 Å². The van der Waals surface area contributed by atoms with E-state index in [2.05, 4.69) is 24.1 Å². The first-order chi connectivity index (χ1) is 9.13. The molecule has 1 saturated heterocycles. The van der Waals surface area contributed by atoms with Crippen LogP contribution in [0.3, 0.4) is 0 Å². The molecule has 1 N–H and O–H groups in total. The van der Waals surface area contributed by atoms with Gasteiger partial charge in [-0.05, 0) is 18.4 Å². The van der Waals surface area contributed by atoms with Crippen LogP contribution < -0.4 is 5.32 Å². The van der Waals surface area contributed by atoms with Crippen LogP contribution in [0.25, 0.3) is 0 Å². The fraction of sp³-hybridized carbons (Fsp3) is 0.692. The summed E-state index contributed by atoms with van der Waals surface area (Å²) in [5.41, 5.74) is 1.06. The minimum atomic E-state index is -0.307. The molecule has 2 rings (SSSR count). The van der Waals surface area contributed by atoms with E-state index < -0.39 is 0 Å². The molecule has 2 heterocycles. The van der Waals surface area contributed by atoms with Crippen molar-refractivity contribution in [2.75, 3.05) is 13.1 Å². The molecule has 5 nitrogen and oxygen atoms in total. The second-order valence-electron chi connectivity index (χ2n) is 5.06. The summed E-state index contributed by atoms with van der Waals surface area (Å²) < 4.78 is 0. The highest BCUT2D eigenvalue weighted by Gasteiger charge is 2.26. The zero-order valence-electron chi connectivity index (χ0n) is 11.5. The van der Waals surface area contributed by atoms with Crippen molar-refractivity contribution in [2.45, 2.75) is 45.3 Å². The van der Waals surface area contributed by atoms with Gasteiger partial charge in [-0.2, -0.15) is 0 Å². The number of piperazine rings is 1. The summed E-state index contributed by atoms with van der Waals surface area (Å²) in [5, 5.41) is 16.4. The minimum Gasteiger partial charge on any atom is -0.311 e. The standard InChI is InChI=1S/C13H21N3O2S/c1-3-11-8-15(12(4-2)6-14-11)7-10-5-13(16(17)18)19-9-10/h5,9,11-12,14H,3-4,6-8H2,1-2H3. The summed E-state index contributed by atoms with van der Waals surface area (Å²) in [6, 6.07) is 2.78. The van der Waals surface area contributed by atoms with Gasteiger partial charge in [0.25, 0.3) is 0 Å². The zero-order chi connectivity index (χ0) is 13.8. The predicted molar refractivity (Wildman–Crippen MR) is 77.5 cm³/mol. The molecule has 2 atom stereocenters. The van der Waals surface area contributed by atoms with Crippen molar-refractivity contribution in [3.8, 4) is 0 Å². The van der Waals surface area contributed by atoms with E-state index in [1.165, 1.54) is 11.3 Å². The van der Waals surface area contributed by atoms with Crippen LogP contribution in [0.1, 0.15) is 32.3 Å². The van der Waals surface area contributed by atoms with E-state index in [-0.39, 0.29) is 9.92 Å². The summed E-state index contributed by atoms with van der Waals surface area (Å²) in [6.45, 7) is 7.25. The lowest BCUT2D eigenvalue weighted by molar-refractivity contribution is -0.380. The average molecular weight is 283 g/mol. The average Bonchev–Trinajstić information content (AvgIpc) is 2.87. The number of hydrogen-bond acceptors (Lipinski definition) is 5. The maximum absolute atomic E-state index is 10.7. The number of hydrogen-bond donors (Lipinski definition) is 1. The number of rotatable bonds is 5. The Labute approximate surface area is 117 Å². The molecule has 0 aliphatic carbocycles. The topological polar surface area (TPSA) is 58.4 Å². The van der Waals surface area contributed by atoms with Gasteiger partial charge >= 0.3 is 5.00 Å². The van der Waals surface area contributed by atoms with E-state index in [0.29, 0.717) is 12.1 Å². The van der Waals surface area contributed by atoms with E-state index in [4.69, 9.17) is 0 Å². The van der Waals surface area contributed by atoms with Gasteiger partial charge in [0.2, 0.25) is 0 Å². The second kappa shape index (κ2) is 6.45. The molecule has 0 radical (unpaired) electrons. The molecule has 6 heteroatoms. The van der Waals surface area contributed by atoms with Crippen molar-refractivity contribution in [3.05, 3.63) is 27.1 Å². The Morgan fingerprint density at radius 1 is 1.53 bits per heavy atom. The molecule has 0 spiro atoms. The molecule has 19 heavy (non-hydrogen) atoms. The number of nitrogens with zero attached hydrogens (tertiary/aromatic N) is 2. The van der Waals surface area contributed by atoms with E-state index in [1.54, 1.807) is 6.07 Å². The lowest BCUT2D eigenvalue weighted by Gasteiger charge is -2.39. The predicted octanol–water partition coefficient (Wildman–Crippen LogP) is 2.62. The molecule has 0 aromatic carbocycles. The van der Waals surface area contributed by atoms with Gasteiger partial charge in [0.05, 0.1) is 4.92 Å². The Morgan fingerprint density at radius 3 is 2.89 bits per heavy atom. The van der Waals surface area contributed by atoms with Crippen LogP contribution in [0.5, 0.6) is 0 Å². The maximum atomic E-state index is 10.7. The molecule has 1 aromatic rings. The van der Waals surface area contributed by atoms with Crippen LogP contribution in [0.15, 0.2) is 11.4 Å². The second-order valence-corrected chi connectivity index (χ2v) is 5.94. The Balaban J connectivity index is 2.03.